The van der Waals surface area contributed by atoms with Gasteiger partial charge in [0.05, 0.1) is 18.1 Å². The summed E-state index contributed by atoms with van der Waals surface area (Å²) in [5.41, 5.74) is 0. The van der Waals surface area contributed by atoms with Crippen molar-refractivity contribution in [3.8, 4) is 0 Å². The second-order valence-electron chi connectivity index (χ2n) is 2.49. The second-order valence-corrected chi connectivity index (χ2v) is 4.33. The van der Waals surface area contributed by atoms with Crippen LogP contribution in [0.4, 0.5) is 4.39 Å². The standard InChI is InChI=1S/C6H10FN3O2S/c7-5-3-9-6(10-4-5)1-2-13(8,11)12/h3-4,11-12H,1-2,8H2. The van der Waals surface area contributed by atoms with Crippen molar-refractivity contribution in [3.05, 3.63) is 24.0 Å². The van der Waals surface area contributed by atoms with Crippen LogP contribution in [0.2, 0.25) is 0 Å². The van der Waals surface area contributed by atoms with Gasteiger partial charge in [-0.25, -0.2) is 19.5 Å². The third kappa shape index (κ3) is 4.13. The van der Waals surface area contributed by atoms with Gasteiger partial charge in [0.2, 0.25) is 0 Å². The monoisotopic (exact) mass is 207 g/mol. The molecule has 0 fully saturated rings. The van der Waals surface area contributed by atoms with E-state index in [4.69, 9.17) is 14.2 Å². The van der Waals surface area contributed by atoms with Crippen molar-refractivity contribution in [2.75, 3.05) is 5.75 Å². The number of aryl methyl sites for hydroxylation is 1. The Labute approximate surface area is 76.3 Å². The molecule has 0 amide bonds. The Morgan fingerprint density at radius 2 is 1.92 bits per heavy atom. The predicted octanol–water partition coefficient (Wildman–Crippen LogP) is 0.782. The molecule has 0 bridgehead atoms. The van der Waals surface area contributed by atoms with Crippen LogP contribution in [0.3, 0.4) is 0 Å². The van der Waals surface area contributed by atoms with Gasteiger partial charge in [-0.3, -0.25) is 9.11 Å². The SMILES string of the molecule is NS(O)(O)CCc1ncc(F)cn1. The highest BCUT2D eigenvalue weighted by Crippen LogP contribution is 2.27. The number of hydrogen-bond donors (Lipinski definition) is 3. The van der Waals surface area contributed by atoms with Gasteiger partial charge in [0.15, 0.2) is 5.82 Å². The lowest BCUT2D eigenvalue weighted by atomic mass is 10.4. The van der Waals surface area contributed by atoms with Crippen LogP contribution in [0.25, 0.3) is 0 Å². The van der Waals surface area contributed by atoms with Crippen LogP contribution in [0.1, 0.15) is 5.82 Å². The quantitative estimate of drug-likeness (QED) is 0.681. The molecule has 0 radical (unpaired) electrons. The number of halogens is 1. The lowest BCUT2D eigenvalue weighted by Gasteiger charge is -2.25. The highest BCUT2D eigenvalue weighted by Gasteiger charge is 2.06. The summed E-state index contributed by atoms with van der Waals surface area (Å²) in [4.78, 5) is 7.26. The van der Waals surface area contributed by atoms with E-state index in [2.05, 4.69) is 9.97 Å². The predicted molar refractivity (Wildman–Crippen MR) is 47.6 cm³/mol. The van der Waals surface area contributed by atoms with Crippen molar-refractivity contribution in [1.82, 2.24) is 9.97 Å². The minimum absolute atomic E-state index is 0.0152. The molecule has 1 aromatic heterocycles. The molecule has 0 aliphatic heterocycles. The van der Waals surface area contributed by atoms with E-state index in [9.17, 15) is 4.39 Å². The Morgan fingerprint density at radius 1 is 1.38 bits per heavy atom. The van der Waals surface area contributed by atoms with E-state index in [1.54, 1.807) is 0 Å². The molecule has 0 aromatic carbocycles. The van der Waals surface area contributed by atoms with Crippen LogP contribution in [0.15, 0.2) is 12.4 Å². The number of aromatic nitrogens is 2. The van der Waals surface area contributed by atoms with E-state index in [1.807, 2.05) is 0 Å². The summed E-state index contributed by atoms with van der Waals surface area (Å²) < 4.78 is 30.0. The molecule has 7 heteroatoms. The van der Waals surface area contributed by atoms with Crippen LogP contribution in [0.5, 0.6) is 0 Å². The van der Waals surface area contributed by atoms with E-state index in [1.165, 1.54) is 0 Å². The first kappa shape index (κ1) is 10.3. The van der Waals surface area contributed by atoms with Crippen LogP contribution < -0.4 is 5.14 Å². The molecular weight excluding hydrogens is 197 g/mol. The fourth-order valence-corrected chi connectivity index (χ4v) is 1.19. The summed E-state index contributed by atoms with van der Waals surface area (Å²) in [5, 5.41) is 4.98. The van der Waals surface area contributed by atoms with Gasteiger partial charge in [0, 0.05) is 6.42 Å². The molecule has 0 atom stereocenters. The normalized spacial score (nSPS) is 12.9. The summed E-state index contributed by atoms with van der Waals surface area (Å²) in [6.45, 7) is 0. The Balaban J connectivity index is 2.51. The van der Waals surface area contributed by atoms with E-state index in [0.29, 0.717) is 5.82 Å². The molecule has 4 N–H and O–H groups in total. The first-order chi connectivity index (χ1) is 5.97. The van der Waals surface area contributed by atoms with Gasteiger partial charge < -0.3 is 0 Å². The van der Waals surface area contributed by atoms with Crippen molar-refractivity contribution in [2.45, 2.75) is 6.42 Å². The minimum atomic E-state index is -3.01. The maximum absolute atomic E-state index is 12.3. The molecule has 0 saturated carbocycles. The van der Waals surface area contributed by atoms with E-state index < -0.39 is 16.6 Å². The zero-order valence-corrected chi connectivity index (χ0v) is 7.54. The summed E-state index contributed by atoms with van der Waals surface area (Å²) in [6, 6.07) is 0. The first-order valence-electron chi connectivity index (χ1n) is 3.47. The second kappa shape index (κ2) is 3.97. The van der Waals surface area contributed by atoms with Gasteiger partial charge in [-0.05, 0) is 0 Å². The Morgan fingerprint density at radius 3 is 2.38 bits per heavy atom. The summed E-state index contributed by atoms with van der Waals surface area (Å²) >= 11 is 0. The molecule has 0 unspecified atom stereocenters. The average Bonchev–Trinajstić information content (AvgIpc) is 2.02. The smallest absolute Gasteiger partial charge is 0.159 e. The topological polar surface area (TPSA) is 92.3 Å². The largest absolute Gasteiger partial charge is 0.286 e. The molecular formula is C6H10FN3O2S. The molecule has 0 aliphatic rings. The van der Waals surface area contributed by atoms with Crippen molar-refractivity contribution in [1.29, 1.82) is 0 Å². The van der Waals surface area contributed by atoms with Crippen molar-refractivity contribution in [3.63, 3.8) is 0 Å². The highest BCUT2D eigenvalue weighted by molar-refractivity contribution is 8.22. The minimum Gasteiger partial charge on any atom is -0.286 e. The fourth-order valence-electron chi connectivity index (χ4n) is 0.710. The summed E-state index contributed by atoms with van der Waals surface area (Å²) in [7, 11) is -3.01. The van der Waals surface area contributed by atoms with Crippen molar-refractivity contribution < 1.29 is 13.5 Å². The summed E-state index contributed by atoms with van der Waals surface area (Å²) in [6.07, 6.45) is 2.26. The molecule has 1 aromatic rings. The van der Waals surface area contributed by atoms with Gasteiger partial charge in [-0.2, -0.15) is 0 Å². The first-order valence-corrected chi connectivity index (χ1v) is 5.25. The fraction of sp³-hybridized carbons (Fsp3) is 0.333. The molecule has 0 aliphatic carbocycles. The molecule has 5 nitrogen and oxygen atoms in total. The van der Waals surface area contributed by atoms with E-state index in [0.717, 1.165) is 12.4 Å². The Kier molecular flexibility index (Phi) is 3.15. The lowest BCUT2D eigenvalue weighted by molar-refractivity contribution is 0.487. The van der Waals surface area contributed by atoms with E-state index >= 15 is 0 Å². The van der Waals surface area contributed by atoms with Crippen molar-refractivity contribution >= 4 is 10.8 Å². The maximum atomic E-state index is 12.3. The highest BCUT2D eigenvalue weighted by atomic mass is 32.3. The third-order valence-corrected chi connectivity index (χ3v) is 2.10. The molecule has 13 heavy (non-hydrogen) atoms. The van der Waals surface area contributed by atoms with Gasteiger partial charge in [0.1, 0.15) is 5.82 Å². The number of rotatable bonds is 3. The van der Waals surface area contributed by atoms with Crippen LogP contribution in [-0.4, -0.2) is 24.8 Å². The van der Waals surface area contributed by atoms with Gasteiger partial charge in [-0.15, -0.1) is 10.8 Å². The average molecular weight is 207 g/mol. The summed E-state index contributed by atoms with van der Waals surface area (Å²) in [5.74, 6) is -0.200. The van der Waals surface area contributed by atoms with Crippen LogP contribution >= 0.6 is 10.8 Å². The Bertz CT molecular complexity index is 274. The molecule has 1 heterocycles. The number of hydrogen-bond acceptors (Lipinski definition) is 5. The number of nitrogens with two attached hydrogens (primary N) is 1. The van der Waals surface area contributed by atoms with Crippen LogP contribution in [0, 0.1) is 5.82 Å². The van der Waals surface area contributed by atoms with Gasteiger partial charge >= 0.3 is 0 Å². The molecule has 74 valence electrons. The van der Waals surface area contributed by atoms with Crippen molar-refractivity contribution in [2.24, 2.45) is 5.14 Å². The Hall–Kier alpha value is -0.760. The lowest BCUT2D eigenvalue weighted by Crippen LogP contribution is -2.15. The maximum Gasteiger partial charge on any atom is 0.159 e. The van der Waals surface area contributed by atoms with Gasteiger partial charge in [0.25, 0.3) is 0 Å². The number of nitrogens with zero attached hydrogens (tertiary/aromatic N) is 2. The van der Waals surface area contributed by atoms with E-state index in [-0.39, 0.29) is 12.2 Å². The third-order valence-electron chi connectivity index (χ3n) is 1.30. The molecule has 0 spiro atoms. The molecule has 1 rings (SSSR count). The molecule has 0 saturated heterocycles. The zero-order valence-electron chi connectivity index (χ0n) is 6.72. The van der Waals surface area contributed by atoms with Crippen LogP contribution in [-0.2, 0) is 6.42 Å². The zero-order chi connectivity index (χ0) is 9.90. The van der Waals surface area contributed by atoms with Gasteiger partial charge in [-0.1, -0.05) is 0 Å².